The lowest BCUT2D eigenvalue weighted by Crippen LogP contribution is -2.54. The maximum atomic E-state index is 12.6. The monoisotopic (exact) mass is 1360 g/mol. The van der Waals surface area contributed by atoms with E-state index in [4.69, 9.17) is 37.9 Å². The van der Waals surface area contributed by atoms with Crippen molar-refractivity contribution in [3.63, 3.8) is 0 Å². The molecule has 0 N–H and O–H groups in total. The number of carbonyl (C=O) groups is 8. The summed E-state index contributed by atoms with van der Waals surface area (Å²) in [4.78, 5) is 96.8. The van der Waals surface area contributed by atoms with Gasteiger partial charge in [0.1, 0.15) is 6.10 Å². The number of hydrogen-bond acceptors (Lipinski definition) is 16. The van der Waals surface area contributed by atoms with Crippen LogP contribution in [0.25, 0.3) is 0 Å². The fraction of sp³-hybridized carbons (Fsp3) is 0.805. The molecule has 16 bridgehead atoms. The SMILES string of the molecule is C=C(C)C(=O)OC(C)(C)C(=O)OC(C)C12CC3CC(CC(C3)C1)C2.C=C(C)C(=O)OC(C)(C)C(=O)OCC(C)(C)C12CC3CC(CC(C3)C1)C2.C=C(C)C(=O)OC(C)(C)C(=O)OCC(C)C12CC3CC(CC(C3)C1)C2.C=C(C)C(=O)OC(C)(C)C(=O)OCC1C2CC3CC(C2)CC1C3. The smallest absolute Gasteiger partial charge is 0.350 e. The maximum Gasteiger partial charge on any atom is 0.350 e. The van der Waals surface area contributed by atoms with Gasteiger partial charge in [0.2, 0.25) is 22.4 Å². The van der Waals surface area contributed by atoms with Gasteiger partial charge in [-0.15, -0.1) is 0 Å². The van der Waals surface area contributed by atoms with Crippen LogP contribution in [0.4, 0.5) is 0 Å². The predicted octanol–water partition coefficient (Wildman–Crippen LogP) is 16.5. The highest BCUT2D eigenvalue weighted by atomic mass is 16.6. The van der Waals surface area contributed by atoms with Crippen LogP contribution in [-0.4, -0.2) is 96.1 Å². The first kappa shape index (κ1) is 76.9. The van der Waals surface area contributed by atoms with E-state index in [1.807, 2.05) is 6.92 Å². The van der Waals surface area contributed by atoms with E-state index in [0.717, 1.165) is 76.9 Å². The Morgan fingerprint density at radius 2 is 0.643 bits per heavy atom. The molecular weight excluding hydrogens is 1240 g/mol. The van der Waals surface area contributed by atoms with E-state index in [0.29, 0.717) is 42.5 Å². The summed E-state index contributed by atoms with van der Waals surface area (Å²) < 4.78 is 43.7. The van der Waals surface area contributed by atoms with Gasteiger partial charge in [-0.1, -0.05) is 47.1 Å². The second-order valence-corrected chi connectivity index (χ2v) is 37.2. The molecule has 0 amide bonds. The molecule has 0 aromatic heterocycles. The number of rotatable bonds is 22. The predicted molar refractivity (Wildman–Crippen MR) is 374 cm³/mol. The molecule has 0 spiro atoms. The largest absolute Gasteiger partial charge is 0.462 e. The lowest BCUT2D eigenvalue weighted by molar-refractivity contribution is -0.193. The molecule has 16 rings (SSSR count). The first-order valence-corrected chi connectivity index (χ1v) is 37.7. The van der Waals surface area contributed by atoms with E-state index in [-0.39, 0.29) is 39.2 Å². The summed E-state index contributed by atoms with van der Waals surface area (Å²) >= 11 is 0. The normalized spacial score (nSPS) is 34.4. The van der Waals surface area contributed by atoms with Crippen molar-refractivity contribution in [1.29, 1.82) is 0 Å². The van der Waals surface area contributed by atoms with Crippen LogP contribution < -0.4 is 0 Å². The lowest BCUT2D eigenvalue weighted by atomic mass is 9.43. The molecule has 16 fully saturated rings. The van der Waals surface area contributed by atoms with Crippen LogP contribution in [0.3, 0.4) is 0 Å². The molecule has 16 nitrogen and oxygen atoms in total. The van der Waals surface area contributed by atoms with Gasteiger partial charge in [0.15, 0.2) is 0 Å². The number of hydrogen-bond donors (Lipinski definition) is 0. The van der Waals surface area contributed by atoms with Gasteiger partial charge in [-0.2, -0.15) is 0 Å². The zero-order valence-corrected chi connectivity index (χ0v) is 63.0. The van der Waals surface area contributed by atoms with E-state index in [2.05, 4.69) is 47.1 Å². The standard InChI is InChI=1S/C22H34O4.C21H32O4.C20H30O4.C19H28O4/c1-14(2)18(23)26-21(5,6)19(24)25-13-20(3,4)22-10-15-7-16(11-22)9-17(8-15)12-22;1-13(2)18(22)25-20(4,5)19(23)24-12-14(3)21-9-15-6-16(10-21)8-17(7-15)11-21;1-12(2)17(21)24-19(4,5)18(22)23-13(3)20-9-14-6-15(10-20)8-16(7-14)11-20;1-11(2)17(20)23-19(3,4)18(21)22-10-16-14-6-12-5-13(8-14)9-15(16)7-12/h15-17H,1,7-13H2,2-6H3;14-17H,1,6-12H2,2-5H3;13-16H,1,6-11H2,2-5H3;12-16H,1,5-10H2,2-4H3. The van der Waals surface area contributed by atoms with Crippen LogP contribution in [0, 0.1) is 110 Å². The average Bonchev–Trinajstić information content (AvgIpc) is 0.745. The molecule has 16 aliphatic rings. The van der Waals surface area contributed by atoms with Gasteiger partial charge in [0.05, 0.1) is 19.8 Å². The number of carbonyl (C=O) groups excluding carboxylic acids is 8. The molecule has 2 atom stereocenters. The Morgan fingerprint density at radius 3 is 0.969 bits per heavy atom. The van der Waals surface area contributed by atoms with Gasteiger partial charge >= 0.3 is 47.8 Å². The summed E-state index contributed by atoms with van der Waals surface area (Å²) in [5.74, 6) is 7.72. The van der Waals surface area contributed by atoms with Gasteiger partial charge in [0, 0.05) is 33.1 Å². The Morgan fingerprint density at radius 1 is 0.367 bits per heavy atom. The van der Waals surface area contributed by atoms with Gasteiger partial charge in [-0.25, -0.2) is 38.4 Å². The molecule has 548 valence electrons. The van der Waals surface area contributed by atoms with E-state index >= 15 is 0 Å². The Hall–Kier alpha value is -5.28. The zero-order valence-electron chi connectivity index (χ0n) is 63.0. The van der Waals surface area contributed by atoms with Gasteiger partial charge in [-0.05, 0) is 337 Å². The highest BCUT2D eigenvalue weighted by molar-refractivity contribution is 5.92. The van der Waals surface area contributed by atoms with Crippen molar-refractivity contribution in [3.05, 3.63) is 48.6 Å². The molecule has 0 aromatic carbocycles. The average molecular weight is 1370 g/mol. The molecule has 0 aliphatic heterocycles. The second-order valence-electron chi connectivity index (χ2n) is 37.2. The first-order chi connectivity index (χ1) is 45.4. The van der Waals surface area contributed by atoms with Crippen molar-refractivity contribution in [2.45, 2.75) is 287 Å². The van der Waals surface area contributed by atoms with E-state index in [1.165, 1.54) is 148 Å². The molecule has 0 aromatic rings. The molecule has 0 radical (unpaired) electrons. The Bertz CT molecular complexity index is 2940. The molecule has 98 heavy (non-hydrogen) atoms. The van der Waals surface area contributed by atoms with Crippen LogP contribution in [0.2, 0.25) is 0 Å². The minimum Gasteiger partial charge on any atom is -0.462 e. The molecule has 0 heterocycles. The van der Waals surface area contributed by atoms with Crippen molar-refractivity contribution in [1.82, 2.24) is 0 Å². The highest BCUT2D eigenvalue weighted by Gasteiger charge is 2.59. The topological polar surface area (TPSA) is 210 Å². The van der Waals surface area contributed by atoms with Crippen molar-refractivity contribution in [3.8, 4) is 0 Å². The van der Waals surface area contributed by atoms with Crippen molar-refractivity contribution < 1.29 is 76.3 Å². The van der Waals surface area contributed by atoms with Crippen molar-refractivity contribution >= 4 is 47.8 Å². The summed E-state index contributed by atoms with van der Waals surface area (Å²) in [5.41, 5.74) is -3.28. The summed E-state index contributed by atoms with van der Waals surface area (Å²) in [6.45, 7) is 43.2. The van der Waals surface area contributed by atoms with Crippen molar-refractivity contribution in [2.75, 3.05) is 19.8 Å². The number of ether oxygens (including phenoxy) is 8. The quantitative estimate of drug-likeness (QED) is 0.0560. The van der Waals surface area contributed by atoms with E-state index < -0.39 is 70.2 Å². The third kappa shape index (κ3) is 17.4. The fourth-order valence-corrected chi connectivity index (χ4v) is 22.0. The Kier molecular flexibility index (Phi) is 22.9. The molecule has 0 saturated heterocycles. The zero-order chi connectivity index (χ0) is 72.2. The third-order valence-electron chi connectivity index (χ3n) is 26.4. The van der Waals surface area contributed by atoms with Crippen molar-refractivity contribution in [2.24, 2.45) is 110 Å². The summed E-state index contributed by atoms with van der Waals surface area (Å²) in [5, 5.41) is 0. The van der Waals surface area contributed by atoms with Gasteiger partial charge in [0.25, 0.3) is 0 Å². The highest BCUT2D eigenvalue weighted by Crippen LogP contribution is 2.67. The van der Waals surface area contributed by atoms with Gasteiger partial charge < -0.3 is 37.9 Å². The van der Waals surface area contributed by atoms with Crippen LogP contribution in [0.5, 0.6) is 0 Å². The van der Waals surface area contributed by atoms with Crippen LogP contribution in [0.15, 0.2) is 48.6 Å². The van der Waals surface area contributed by atoms with Gasteiger partial charge in [-0.3, -0.25) is 0 Å². The number of esters is 8. The fourth-order valence-electron chi connectivity index (χ4n) is 22.0. The molecule has 16 aliphatic carbocycles. The van der Waals surface area contributed by atoms with E-state index in [1.54, 1.807) is 83.1 Å². The molecule has 16 saturated carbocycles. The first-order valence-electron chi connectivity index (χ1n) is 37.7. The summed E-state index contributed by atoms with van der Waals surface area (Å²) in [6, 6.07) is 0. The minimum absolute atomic E-state index is 0.0624. The van der Waals surface area contributed by atoms with E-state index in [9.17, 15) is 38.4 Å². The molecular formula is C82H124O16. The second kappa shape index (κ2) is 29.2. The minimum atomic E-state index is -1.30. The molecule has 16 heteroatoms. The summed E-state index contributed by atoms with van der Waals surface area (Å²) in [6.07, 6.45) is 30.3. The Balaban J connectivity index is 0.000000153. The Labute approximate surface area is 587 Å². The third-order valence-corrected chi connectivity index (χ3v) is 26.4. The maximum absolute atomic E-state index is 12.6. The molecule has 2 unspecified atom stereocenters. The van der Waals surface area contributed by atoms with Crippen LogP contribution in [-0.2, 0) is 76.3 Å². The lowest BCUT2D eigenvalue weighted by Gasteiger charge is -2.62. The van der Waals surface area contributed by atoms with Crippen LogP contribution in [0.1, 0.15) is 258 Å². The van der Waals surface area contributed by atoms with Crippen LogP contribution >= 0.6 is 0 Å². The summed E-state index contributed by atoms with van der Waals surface area (Å²) in [7, 11) is 0.